The second-order valence-corrected chi connectivity index (χ2v) is 6.31. The minimum atomic E-state index is -5.08. The Bertz CT molecular complexity index is 1210. The molecule has 3 heterocycles. The van der Waals surface area contributed by atoms with E-state index in [9.17, 15) is 13.2 Å². The molecule has 0 aliphatic carbocycles. The highest BCUT2D eigenvalue weighted by Crippen LogP contribution is 2.27. The van der Waals surface area contributed by atoms with E-state index in [1.165, 1.54) is 0 Å². The molecule has 2 N–H and O–H groups in total. The summed E-state index contributed by atoms with van der Waals surface area (Å²) in [6.07, 6.45) is 8.29. The normalized spacial score (nSPS) is 11.9. The van der Waals surface area contributed by atoms with Gasteiger partial charge in [-0.1, -0.05) is 30.3 Å². The molecule has 0 aliphatic rings. The molecular weight excluding hydrogens is 411 g/mol. The van der Waals surface area contributed by atoms with Crippen LogP contribution < -0.4 is 0 Å². The third kappa shape index (κ3) is 5.08. The number of aliphatic carboxylic acids is 1. The molecule has 0 spiro atoms. The number of hydrogen-bond donors (Lipinski definition) is 2. The van der Waals surface area contributed by atoms with E-state index in [4.69, 9.17) is 16.3 Å². The van der Waals surface area contributed by atoms with Gasteiger partial charge in [-0.05, 0) is 11.6 Å². The first-order valence-electron chi connectivity index (χ1n) is 8.92. The zero-order valence-corrected chi connectivity index (χ0v) is 15.9. The van der Waals surface area contributed by atoms with E-state index in [2.05, 4.69) is 38.1 Å². The van der Waals surface area contributed by atoms with Crippen LogP contribution in [0.3, 0.4) is 0 Å². The Kier molecular flexibility index (Phi) is 6.35. The lowest BCUT2D eigenvalue weighted by Crippen LogP contribution is -2.21. The number of H-pyrrole nitrogens is 1. The summed E-state index contributed by atoms with van der Waals surface area (Å²) in [6.45, 7) is 0. The van der Waals surface area contributed by atoms with Gasteiger partial charge in [-0.15, -0.1) is 12.3 Å². The van der Waals surface area contributed by atoms with Crippen LogP contribution >= 0.6 is 0 Å². The molecule has 3 aromatic heterocycles. The fourth-order valence-electron chi connectivity index (χ4n) is 2.88. The predicted molar refractivity (Wildman–Crippen MR) is 107 cm³/mol. The van der Waals surface area contributed by atoms with E-state index < -0.39 is 12.1 Å². The van der Waals surface area contributed by atoms with Crippen LogP contribution in [0.4, 0.5) is 13.2 Å². The van der Waals surface area contributed by atoms with Crippen molar-refractivity contribution in [1.82, 2.24) is 24.7 Å². The van der Waals surface area contributed by atoms with Gasteiger partial charge < -0.3 is 10.1 Å². The van der Waals surface area contributed by atoms with Gasteiger partial charge in [-0.2, -0.15) is 18.3 Å². The second-order valence-electron chi connectivity index (χ2n) is 6.31. The van der Waals surface area contributed by atoms with Gasteiger partial charge in [0, 0.05) is 29.8 Å². The van der Waals surface area contributed by atoms with Crippen molar-refractivity contribution >= 4 is 17.0 Å². The van der Waals surface area contributed by atoms with Gasteiger partial charge in [-0.3, -0.25) is 4.68 Å². The average Bonchev–Trinajstić information content (AvgIpc) is 3.42. The van der Waals surface area contributed by atoms with Gasteiger partial charge in [0.2, 0.25) is 0 Å². The van der Waals surface area contributed by atoms with Crippen LogP contribution in [0.25, 0.3) is 22.3 Å². The number of carboxylic acids is 1. The van der Waals surface area contributed by atoms with E-state index in [1.54, 1.807) is 6.33 Å². The molecule has 31 heavy (non-hydrogen) atoms. The summed E-state index contributed by atoms with van der Waals surface area (Å²) in [7, 11) is 0. The standard InChI is InChI=1S/C19H15N5.C2HF3O2/c1-2-6-17(14-7-4-3-5-8-14)24-12-15(11-23-24)18-16-9-10-20-19(16)22-13-21-18;3-2(4,5)1(6)7/h1,3-5,7-13,17H,6H2,(H,20,21,22);(H,6,7). The maximum absolute atomic E-state index is 10.6. The molecule has 10 heteroatoms. The Balaban J connectivity index is 0.000000339. The summed E-state index contributed by atoms with van der Waals surface area (Å²) in [5.74, 6) is -0.00911. The number of halogens is 3. The molecular formula is C21H16F3N5O2. The maximum atomic E-state index is 10.6. The molecule has 1 aromatic carbocycles. The van der Waals surface area contributed by atoms with Crippen LogP contribution in [0.1, 0.15) is 18.0 Å². The van der Waals surface area contributed by atoms with Crippen molar-refractivity contribution in [1.29, 1.82) is 0 Å². The molecule has 0 aliphatic heterocycles. The lowest BCUT2D eigenvalue weighted by atomic mass is 10.0. The largest absolute Gasteiger partial charge is 0.490 e. The minimum absolute atomic E-state index is 0.00787. The number of nitrogens with one attached hydrogen (secondary N) is 1. The van der Waals surface area contributed by atoms with E-state index >= 15 is 0 Å². The minimum Gasteiger partial charge on any atom is -0.475 e. The monoisotopic (exact) mass is 427 g/mol. The van der Waals surface area contributed by atoms with Crippen molar-refractivity contribution in [3.63, 3.8) is 0 Å². The summed E-state index contributed by atoms with van der Waals surface area (Å²) in [5, 5.41) is 12.6. The van der Waals surface area contributed by atoms with Crippen LogP contribution in [-0.2, 0) is 4.79 Å². The molecule has 0 saturated carbocycles. The summed E-state index contributed by atoms with van der Waals surface area (Å²) in [5.41, 5.74) is 3.76. The van der Waals surface area contributed by atoms with E-state index in [0.29, 0.717) is 6.42 Å². The Morgan fingerprint density at radius 1 is 1.23 bits per heavy atom. The lowest BCUT2D eigenvalue weighted by molar-refractivity contribution is -0.192. The summed E-state index contributed by atoms with van der Waals surface area (Å²) in [6, 6.07) is 12.1. The number of terminal acetylenes is 1. The summed E-state index contributed by atoms with van der Waals surface area (Å²) >= 11 is 0. The van der Waals surface area contributed by atoms with E-state index in [1.807, 2.05) is 47.5 Å². The van der Waals surface area contributed by atoms with Crippen LogP contribution in [0.15, 0.2) is 61.3 Å². The number of nitrogens with zero attached hydrogens (tertiary/aromatic N) is 4. The van der Waals surface area contributed by atoms with Crippen molar-refractivity contribution in [2.45, 2.75) is 18.6 Å². The first-order chi connectivity index (χ1) is 14.8. The van der Waals surface area contributed by atoms with Gasteiger partial charge >= 0.3 is 12.1 Å². The van der Waals surface area contributed by atoms with E-state index in [-0.39, 0.29) is 6.04 Å². The molecule has 0 fully saturated rings. The van der Waals surface area contributed by atoms with Crippen LogP contribution in [0.2, 0.25) is 0 Å². The van der Waals surface area contributed by atoms with Crippen molar-refractivity contribution < 1.29 is 23.1 Å². The molecule has 0 bridgehead atoms. The lowest BCUT2D eigenvalue weighted by Gasteiger charge is -2.15. The van der Waals surface area contributed by atoms with Crippen LogP contribution in [-0.4, -0.2) is 42.0 Å². The number of aromatic nitrogens is 5. The molecule has 1 unspecified atom stereocenters. The number of aromatic amines is 1. The number of rotatable bonds is 4. The first kappa shape index (κ1) is 21.6. The second kappa shape index (κ2) is 9.13. The van der Waals surface area contributed by atoms with Crippen molar-refractivity contribution in [2.24, 2.45) is 0 Å². The molecule has 0 amide bonds. The topological polar surface area (TPSA) is 96.7 Å². The zero-order valence-electron chi connectivity index (χ0n) is 15.9. The highest BCUT2D eigenvalue weighted by atomic mass is 19.4. The fourth-order valence-corrected chi connectivity index (χ4v) is 2.88. The molecule has 0 saturated heterocycles. The number of hydrogen-bond acceptors (Lipinski definition) is 4. The van der Waals surface area contributed by atoms with Gasteiger partial charge in [0.25, 0.3) is 0 Å². The molecule has 4 aromatic rings. The number of alkyl halides is 3. The number of fused-ring (bicyclic) bond motifs is 1. The third-order valence-corrected chi connectivity index (χ3v) is 4.29. The quantitative estimate of drug-likeness (QED) is 0.479. The summed E-state index contributed by atoms with van der Waals surface area (Å²) in [4.78, 5) is 20.6. The summed E-state index contributed by atoms with van der Waals surface area (Å²) < 4.78 is 33.6. The molecule has 158 valence electrons. The highest BCUT2D eigenvalue weighted by molar-refractivity contribution is 5.89. The molecule has 1 atom stereocenters. The Morgan fingerprint density at radius 3 is 2.58 bits per heavy atom. The van der Waals surface area contributed by atoms with Gasteiger partial charge in [0.1, 0.15) is 12.0 Å². The fraction of sp³-hybridized carbons (Fsp3) is 0.143. The Morgan fingerprint density at radius 2 is 1.94 bits per heavy atom. The molecule has 4 rings (SSSR count). The van der Waals surface area contributed by atoms with Crippen molar-refractivity contribution in [3.8, 4) is 23.6 Å². The number of carbonyl (C=O) groups is 1. The Labute approximate surface area is 174 Å². The van der Waals surface area contributed by atoms with Crippen molar-refractivity contribution in [2.75, 3.05) is 0 Å². The smallest absolute Gasteiger partial charge is 0.475 e. The van der Waals surface area contributed by atoms with Gasteiger partial charge in [-0.25, -0.2) is 14.8 Å². The average molecular weight is 427 g/mol. The van der Waals surface area contributed by atoms with Gasteiger partial charge in [0.15, 0.2) is 0 Å². The SMILES string of the molecule is C#CCC(c1ccccc1)n1cc(-c2ncnc3[nH]ccc23)cn1.O=C(O)C(F)(F)F. The van der Waals surface area contributed by atoms with Crippen molar-refractivity contribution in [3.05, 3.63) is 66.9 Å². The number of benzene rings is 1. The maximum Gasteiger partial charge on any atom is 0.490 e. The van der Waals surface area contributed by atoms with Gasteiger partial charge in [0.05, 0.1) is 17.9 Å². The van der Waals surface area contributed by atoms with Crippen LogP contribution in [0.5, 0.6) is 0 Å². The predicted octanol–water partition coefficient (Wildman–Crippen LogP) is 4.07. The molecule has 7 nitrogen and oxygen atoms in total. The highest BCUT2D eigenvalue weighted by Gasteiger charge is 2.38. The number of carboxylic acid groups (broad SMARTS) is 1. The third-order valence-electron chi connectivity index (χ3n) is 4.29. The van der Waals surface area contributed by atoms with Crippen LogP contribution in [0, 0.1) is 12.3 Å². The Hall–Kier alpha value is -4.13. The van der Waals surface area contributed by atoms with E-state index in [0.717, 1.165) is 27.9 Å². The zero-order chi connectivity index (χ0) is 22.4. The first-order valence-corrected chi connectivity index (χ1v) is 8.92. The molecule has 0 radical (unpaired) electrons.